The van der Waals surface area contributed by atoms with E-state index < -0.39 is 10.2 Å². The zero-order valence-electron chi connectivity index (χ0n) is 10.1. The van der Waals surface area contributed by atoms with E-state index in [-0.39, 0.29) is 6.04 Å². The van der Waals surface area contributed by atoms with Gasteiger partial charge >= 0.3 is 0 Å². The average molecular weight is 249 g/mol. The molecule has 1 heterocycles. The lowest BCUT2D eigenvalue weighted by molar-refractivity contribution is 0.262. The van der Waals surface area contributed by atoms with E-state index in [1.807, 2.05) is 13.8 Å². The van der Waals surface area contributed by atoms with Crippen LogP contribution in [0.2, 0.25) is 0 Å². The van der Waals surface area contributed by atoms with Gasteiger partial charge in [0.2, 0.25) is 0 Å². The minimum atomic E-state index is -3.27. The maximum absolute atomic E-state index is 11.9. The van der Waals surface area contributed by atoms with E-state index in [1.54, 1.807) is 4.31 Å². The van der Waals surface area contributed by atoms with Crippen LogP contribution < -0.4 is 10.5 Å². The average Bonchev–Trinajstić information content (AvgIpc) is 2.17. The number of rotatable bonds is 5. The van der Waals surface area contributed by atoms with Crippen molar-refractivity contribution < 1.29 is 8.42 Å². The third kappa shape index (κ3) is 4.01. The lowest BCUT2D eigenvalue weighted by Gasteiger charge is -2.31. The monoisotopic (exact) mass is 249 g/mol. The fraction of sp³-hybridized carbons (Fsp3) is 1.00. The second-order valence-electron chi connectivity index (χ2n) is 4.70. The van der Waals surface area contributed by atoms with Gasteiger partial charge in [-0.15, -0.1) is 0 Å². The zero-order valence-corrected chi connectivity index (χ0v) is 11.0. The first-order chi connectivity index (χ1) is 7.45. The fourth-order valence-electron chi connectivity index (χ4n) is 2.05. The molecule has 1 aliphatic heterocycles. The predicted molar refractivity (Wildman–Crippen MR) is 65.2 cm³/mol. The summed E-state index contributed by atoms with van der Waals surface area (Å²) >= 11 is 0. The number of hydrogen-bond acceptors (Lipinski definition) is 3. The van der Waals surface area contributed by atoms with Crippen molar-refractivity contribution in [2.24, 2.45) is 11.7 Å². The van der Waals surface area contributed by atoms with Gasteiger partial charge in [0.1, 0.15) is 0 Å². The molecule has 0 spiro atoms. The van der Waals surface area contributed by atoms with Gasteiger partial charge in [-0.2, -0.15) is 17.4 Å². The van der Waals surface area contributed by atoms with Gasteiger partial charge in [0.25, 0.3) is 10.2 Å². The quantitative estimate of drug-likeness (QED) is 0.735. The van der Waals surface area contributed by atoms with E-state index in [0.717, 1.165) is 19.3 Å². The maximum Gasteiger partial charge on any atom is 0.279 e. The van der Waals surface area contributed by atoms with Crippen molar-refractivity contribution in [1.82, 2.24) is 9.03 Å². The zero-order chi connectivity index (χ0) is 12.2. The van der Waals surface area contributed by atoms with Crippen molar-refractivity contribution in [3.05, 3.63) is 0 Å². The molecule has 3 N–H and O–H groups in total. The summed E-state index contributed by atoms with van der Waals surface area (Å²) in [5.41, 5.74) is 5.50. The molecule has 0 aromatic heterocycles. The summed E-state index contributed by atoms with van der Waals surface area (Å²) in [6.07, 6.45) is 2.86. The van der Waals surface area contributed by atoms with E-state index in [0.29, 0.717) is 25.6 Å². The highest BCUT2D eigenvalue weighted by atomic mass is 32.2. The number of nitrogens with one attached hydrogen (secondary N) is 1. The van der Waals surface area contributed by atoms with Crippen LogP contribution in [0, 0.1) is 5.92 Å². The molecule has 0 aromatic carbocycles. The van der Waals surface area contributed by atoms with Crippen LogP contribution in [0.5, 0.6) is 0 Å². The van der Waals surface area contributed by atoms with Gasteiger partial charge in [-0.1, -0.05) is 0 Å². The van der Waals surface area contributed by atoms with Crippen LogP contribution in [0.25, 0.3) is 0 Å². The molecule has 0 aromatic rings. The fourth-order valence-corrected chi connectivity index (χ4v) is 3.48. The highest BCUT2D eigenvalue weighted by molar-refractivity contribution is 7.87. The Morgan fingerprint density at radius 1 is 1.38 bits per heavy atom. The van der Waals surface area contributed by atoms with E-state index in [4.69, 9.17) is 5.73 Å². The maximum atomic E-state index is 11.9. The Kier molecular flexibility index (Phi) is 5.17. The number of nitrogens with two attached hydrogens (primary N) is 1. The summed E-state index contributed by atoms with van der Waals surface area (Å²) in [4.78, 5) is 0. The Balaban J connectivity index is 2.47. The Bertz CT molecular complexity index is 295. The molecule has 0 atom stereocenters. The SMILES string of the molecule is CC(C)NS(=O)(=O)N1CCC(CCN)CC1. The van der Waals surface area contributed by atoms with Crippen molar-refractivity contribution in [2.75, 3.05) is 19.6 Å². The second kappa shape index (κ2) is 5.95. The highest BCUT2D eigenvalue weighted by Crippen LogP contribution is 2.21. The van der Waals surface area contributed by atoms with Crippen molar-refractivity contribution in [2.45, 2.75) is 39.2 Å². The molecule has 0 unspecified atom stereocenters. The summed E-state index contributed by atoms with van der Waals surface area (Å²) in [6, 6.07) is -0.0493. The highest BCUT2D eigenvalue weighted by Gasteiger charge is 2.27. The molecular formula is C10H23N3O2S. The third-order valence-corrected chi connectivity index (χ3v) is 4.69. The minimum Gasteiger partial charge on any atom is -0.330 e. The molecule has 1 aliphatic rings. The van der Waals surface area contributed by atoms with Crippen LogP contribution in [-0.2, 0) is 10.2 Å². The first kappa shape index (κ1) is 13.9. The third-order valence-electron chi connectivity index (χ3n) is 2.87. The summed E-state index contributed by atoms with van der Waals surface area (Å²) in [6.45, 7) is 5.60. The molecule has 1 fully saturated rings. The second-order valence-corrected chi connectivity index (χ2v) is 6.40. The molecule has 0 saturated carbocycles. The number of hydrogen-bond donors (Lipinski definition) is 2. The molecule has 1 saturated heterocycles. The van der Waals surface area contributed by atoms with Crippen LogP contribution in [0.4, 0.5) is 0 Å². The van der Waals surface area contributed by atoms with Gasteiger partial charge in [-0.3, -0.25) is 0 Å². The molecule has 0 aliphatic carbocycles. The van der Waals surface area contributed by atoms with Crippen LogP contribution in [0.15, 0.2) is 0 Å². The standard InChI is InChI=1S/C10H23N3O2S/c1-9(2)12-16(14,15)13-7-4-10(3-6-11)5-8-13/h9-10,12H,3-8,11H2,1-2H3. The summed E-state index contributed by atoms with van der Waals surface area (Å²) < 4.78 is 27.9. The molecule has 5 nitrogen and oxygen atoms in total. The molecule has 16 heavy (non-hydrogen) atoms. The van der Waals surface area contributed by atoms with Gasteiger partial charge in [0.15, 0.2) is 0 Å². The van der Waals surface area contributed by atoms with Gasteiger partial charge < -0.3 is 5.73 Å². The van der Waals surface area contributed by atoms with Gasteiger partial charge in [0.05, 0.1) is 0 Å². The van der Waals surface area contributed by atoms with Gasteiger partial charge in [0, 0.05) is 19.1 Å². The van der Waals surface area contributed by atoms with Gasteiger partial charge in [-0.25, -0.2) is 0 Å². The molecule has 6 heteroatoms. The molecular weight excluding hydrogens is 226 g/mol. The first-order valence-corrected chi connectivity index (χ1v) is 7.37. The molecule has 0 amide bonds. The molecule has 0 bridgehead atoms. The van der Waals surface area contributed by atoms with E-state index in [1.165, 1.54) is 0 Å². The molecule has 0 radical (unpaired) electrons. The van der Waals surface area contributed by atoms with E-state index >= 15 is 0 Å². The Hall–Kier alpha value is -0.170. The first-order valence-electron chi connectivity index (χ1n) is 5.93. The Morgan fingerprint density at radius 3 is 2.38 bits per heavy atom. The number of piperidine rings is 1. The normalized spacial score (nSPS) is 20.5. The van der Waals surface area contributed by atoms with Crippen molar-refractivity contribution in [3.8, 4) is 0 Å². The van der Waals surface area contributed by atoms with E-state index in [9.17, 15) is 8.42 Å². The lowest BCUT2D eigenvalue weighted by Crippen LogP contribution is -2.47. The summed E-state index contributed by atoms with van der Waals surface area (Å²) in [7, 11) is -3.27. The van der Waals surface area contributed by atoms with Crippen molar-refractivity contribution >= 4 is 10.2 Å². The predicted octanol–water partition coefficient (Wildman–Crippen LogP) is 0.290. The largest absolute Gasteiger partial charge is 0.330 e. The lowest BCUT2D eigenvalue weighted by atomic mass is 9.95. The van der Waals surface area contributed by atoms with Crippen LogP contribution in [-0.4, -0.2) is 38.4 Å². The summed E-state index contributed by atoms with van der Waals surface area (Å²) in [5.74, 6) is 0.593. The molecule has 96 valence electrons. The smallest absolute Gasteiger partial charge is 0.279 e. The summed E-state index contributed by atoms with van der Waals surface area (Å²) in [5, 5.41) is 0. The number of nitrogens with zero attached hydrogens (tertiary/aromatic N) is 1. The minimum absolute atomic E-state index is 0.0493. The topological polar surface area (TPSA) is 75.4 Å². The van der Waals surface area contributed by atoms with Crippen LogP contribution >= 0.6 is 0 Å². The molecule has 1 rings (SSSR count). The van der Waals surface area contributed by atoms with Crippen molar-refractivity contribution in [1.29, 1.82) is 0 Å². The van der Waals surface area contributed by atoms with Crippen molar-refractivity contribution in [3.63, 3.8) is 0 Å². The van der Waals surface area contributed by atoms with Crippen LogP contribution in [0.3, 0.4) is 0 Å². The van der Waals surface area contributed by atoms with Crippen LogP contribution in [0.1, 0.15) is 33.1 Å². The Morgan fingerprint density at radius 2 is 1.94 bits per heavy atom. The van der Waals surface area contributed by atoms with Gasteiger partial charge in [-0.05, 0) is 45.6 Å². The Labute approximate surface area is 98.6 Å². The van der Waals surface area contributed by atoms with E-state index in [2.05, 4.69) is 4.72 Å².